The van der Waals surface area contributed by atoms with E-state index in [1.165, 1.54) is 60.3 Å². The van der Waals surface area contributed by atoms with Crippen LogP contribution in [0.15, 0.2) is 170 Å². The quantitative estimate of drug-likeness (QED) is 0.140. The van der Waals surface area contributed by atoms with E-state index in [0.717, 1.165) is 39.5 Å². The van der Waals surface area contributed by atoms with E-state index in [2.05, 4.69) is 200 Å². The van der Waals surface area contributed by atoms with Gasteiger partial charge in [0.15, 0.2) is 0 Å². The number of hydrogen-bond donors (Lipinski definition) is 0. The van der Waals surface area contributed by atoms with E-state index in [0.29, 0.717) is 11.8 Å². The van der Waals surface area contributed by atoms with E-state index in [-0.39, 0.29) is 22.5 Å². The normalized spacial score (nSPS) is 13.5. The second kappa shape index (κ2) is 16.2. The van der Waals surface area contributed by atoms with E-state index in [1.807, 2.05) is 24.3 Å². The molecule has 0 amide bonds. The first kappa shape index (κ1) is 44.1. The molecule has 0 aliphatic heterocycles. The molecule has 0 aromatic heterocycles. The summed E-state index contributed by atoms with van der Waals surface area (Å²) >= 11 is 0. The van der Waals surface area contributed by atoms with Gasteiger partial charge in [0, 0.05) is 39.5 Å². The fourth-order valence-corrected chi connectivity index (χ4v) is 11.9. The first-order chi connectivity index (χ1) is 32.0. The summed E-state index contributed by atoms with van der Waals surface area (Å²) in [5.74, 6) is 0.293. The summed E-state index contributed by atoms with van der Waals surface area (Å²) in [7, 11) is 0. The lowest BCUT2D eigenvalue weighted by molar-refractivity contribution is 0.0977. The third kappa shape index (κ3) is 7.10. The van der Waals surface area contributed by atoms with Crippen molar-refractivity contribution >= 4 is 66.4 Å². The average Bonchev–Trinajstić information content (AvgIpc) is 3.65. The molecule has 2 nitrogen and oxygen atoms in total. The van der Waals surface area contributed by atoms with Gasteiger partial charge < -0.3 is 9.80 Å². The molecule has 0 saturated heterocycles. The lowest BCUT2D eigenvalue weighted by Gasteiger charge is -2.54. The van der Waals surface area contributed by atoms with Crippen molar-refractivity contribution < 1.29 is 8.78 Å². The summed E-state index contributed by atoms with van der Waals surface area (Å²) in [5.41, 5.74) is 12.8. The Balaban J connectivity index is 1.23. The molecule has 1 aliphatic carbocycles. The van der Waals surface area contributed by atoms with Gasteiger partial charge in [-0.05, 0) is 185 Å². The molecule has 4 heteroatoms. The Morgan fingerprint density at radius 1 is 0.388 bits per heavy atom. The number of anilines is 6. The fourth-order valence-electron chi connectivity index (χ4n) is 11.9. The maximum Gasteiger partial charge on any atom is 0.123 e. The fraction of sp³-hybridized carbons (Fsp3) is 0.238. The smallest absolute Gasteiger partial charge is 0.123 e. The predicted molar refractivity (Wildman–Crippen MR) is 282 cm³/mol. The van der Waals surface area contributed by atoms with Gasteiger partial charge in [-0.2, -0.15) is 0 Å². The largest absolute Gasteiger partial charge is 0.310 e. The van der Waals surface area contributed by atoms with Crippen LogP contribution in [0, 0.1) is 22.5 Å². The molecule has 0 heterocycles. The molecule has 0 saturated carbocycles. The van der Waals surface area contributed by atoms with Crippen molar-refractivity contribution in [1.82, 2.24) is 0 Å². The highest BCUT2D eigenvalue weighted by Crippen LogP contribution is 2.68. The van der Waals surface area contributed by atoms with Crippen molar-refractivity contribution in [2.24, 2.45) is 10.8 Å². The van der Waals surface area contributed by atoms with Crippen molar-refractivity contribution in [3.8, 4) is 11.1 Å². The van der Waals surface area contributed by atoms with Crippen LogP contribution in [0.3, 0.4) is 0 Å². The number of nitrogens with zero attached hydrogens (tertiary/aromatic N) is 2. The molecule has 67 heavy (non-hydrogen) atoms. The minimum absolute atomic E-state index is 0.247. The Labute approximate surface area is 395 Å². The summed E-state index contributed by atoms with van der Waals surface area (Å²) in [6.45, 7) is 23.4. The number of halogens is 2. The van der Waals surface area contributed by atoms with Crippen LogP contribution in [0.5, 0.6) is 0 Å². The summed E-state index contributed by atoms with van der Waals surface area (Å²) in [6.07, 6.45) is 0. The van der Waals surface area contributed by atoms with Gasteiger partial charge in [0.05, 0.1) is 0 Å². The third-order valence-electron chi connectivity index (χ3n) is 14.6. The van der Waals surface area contributed by atoms with Crippen LogP contribution in [0.1, 0.15) is 103 Å². The second-order valence-corrected chi connectivity index (χ2v) is 21.3. The summed E-state index contributed by atoms with van der Waals surface area (Å²) < 4.78 is 28.9. The SMILES string of the molecule is CC(C)c1ccc(N(c2ccc(F)cc2)c2ccc3c4c(ccc3c2)-c2c(c3ccc(N(c5ccc(F)cc5)c5ccc(C(C)C)cc5)cc3c3ccccc23)C4(C(C)(C)C)C(C)(C)C)cc1. The first-order valence-corrected chi connectivity index (χ1v) is 23.9. The molecule has 0 spiro atoms. The lowest BCUT2D eigenvalue weighted by Crippen LogP contribution is -2.50. The molecule has 0 fully saturated rings. The molecule has 9 aromatic rings. The average molecular weight is 883 g/mol. The van der Waals surface area contributed by atoms with Crippen LogP contribution in [-0.4, -0.2) is 0 Å². The molecule has 336 valence electrons. The van der Waals surface area contributed by atoms with Crippen LogP contribution in [0.25, 0.3) is 43.4 Å². The van der Waals surface area contributed by atoms with Crippen molar-refractivity contribution in [3.05, 3.63) is 204 Å². The third-order valence-corrected chi connectivity index (χ3v) is 14.6. The Morgan fingerprint density at radius 2 is 0.806 bits per heavy atom. The van der Waals surface area contributed by atoms with Gasteiger partial charge >= 0.3 is 0 Å². The van der Waals surface area contributed by atoms with Gasteiger partial charge in [0.1, 0.15) is 11.6 Å². The van der Waals surface area contributed by atoms with Gasteiger partial charge in [-0.3, -0.25) is 0 Å². The maximum atomic E-state index is 14.5. The second-order valence-electron chi connectivity index (χ2n) is 21.3. The standard InChI is InChI=1S/C63H60F2N2/c1-39(2)41-15-24-46(25-16-41)66(48-28-20-44(64)21-29-48)50-32-35-52-43(37-50)19-34-56-58-54-14-12-11-13-53(54)57-38-51(33-36-55(57)60(58)63(59(52)56,61(5,6)7)62(8,9)10)67(49-30-22-45(65)23-31-49)47-26-17-42(18-27-47)40(3)4/h11-40H,1-10H3. The van der Waals surface area contributed by atoms with E-state index in [4.69, 9.17) is 0 Å². The molecular formula is C63H60F2N2. The number of hydrogen-bond acceptors (Lipinski definition) is 2. The topological polar surface area (TPSA) is 6.48 Å². The van der Waals surface area contributed by atoms with Gasteiger partial charge in [-0.25, -0.2) is 8.78 Å². The number of rotatable bonds is 8. The molecule has 0 unspecified atom stereocenters. The van der Waals surface area contributed by atoms with E-state index in [9.17, 15) is 8.78 Å². The highest BCUT2D eigenvalue weighted by Gasteiger charge is 2.59. The molecule has 0 radical (unpaired) electrons. The molecule has 1 aliphatic rings. The van der Waals surface area contributed by atoms with Crippen LogP contribution in [0.4, 0.5) is 42.9 Å². The molecule has 0 atom stereocenters. The monoisotopic (exact) mass is 882 g/mol. The highest BCUT2D eigenvalue weighted by molar-refractivity contribution is 6.20. The van der Waals surface area contributed by atoms with Gasteiger partial charge in [0.25, 0.3) is 0 Å². The Kier molecular flexibility index (Phi) is 10.7. The van der Waals surface area contributed by atoms with Gasteiger partial charge in [-0.15, -0.1) is 0 Å². The first-order valence-electron chi connectivity index (χ1n) is 23.9. The zero-order valence-corrected chi connectivity index (χ0v) is 40.5. The summed E-state index contributed by atoms with van der Waals surface area (Å²) in [5, 5.41) is 7.25. The zero-order valence-electron chi connectivity index (χ0n) is 40.5. The predicted octanol–water partition coefficient (Wildman–Crippen LogP) is 19.0. The van der Waals surface area contributed by atoms with Crippen molar-refractivity contribution in [2.75, 3.05) is 9.80 Å². The van der Waals surface area contributed by atoms with Crippen LogP contribution in [-0.2, 0) is 5.41 Å². The Hall–Kier alpha value is -6.78. The van der Waals surface area contributed by atoms with E-state index in [1.54, 1.807) is 24.3 Å². The van der Waals surface area contributed by atoms with Crippen molar-refractivity contribution in [1.29, 1.82) is 0 Å². The van der Waals surface area contributed by atoms with Crippen LogP contribution < -0.4 is 9.80 Å². The summed E-state index contributed by atoms with van der Waals surface area (Å²) in [6, 6.07) is 58.7. The minimum Gasteiger partial charge on any atom is -0.310 e. The van der Waals surface area contributed by atoms with Crippen LogP contribution >= 0.6 is 0 Å². The van der Waals surface area contributed by atoms with Crippen molar-refractivity contribution in [3.63, 3.8) is 0 Å². The van der Waals surface area contributed by atoms with Crippen LogP contribution in [0.2, 0.25) is 0 Å². The molecule has 0 bridgehead atoms. The number of fused-ring (bicyclic) bond motifs is 10. The Morgan fingerprint density at radius 3 is 1.27 bits per heavy atom. The lowest BCUT2D eigenvalue weighted by atomic mass is 9.49. The Bertz CT molecular complexity index is 3300. The van der Waals surface area contributed by atoms with E-state index >= 15 is 0 Å². The van der Waals surface area contributed by atoms with Gasteiger partial charge in [0.2, 0.25) is 0 Å². The number of benzene rings is 9. The molecule has 10 rings (SSSR count). The zero-order chi connectivity index (χ0) is 47.2. The molecular weight excluding hydrogens is 823 g/mol. The molecule has 9 aromatic carbocycles. The molecule has 0 N–H and O–H groups in total. The maximum absolute atomic E-state index is 14.5. The minimum atomic E-state index is -0.456. The van der Waals surface area contributed by atoms with E-state index < -0.39 is 5.41 Å². The summed E-state index contributed by atoms with van der Waals surface area (Å²) in [4.78, 5) is 4.48. The van der Waals surface area contributed by atoms with Gasteiger partial charge in [-0.1, -0.05) is 142 Å². The highest BCUT2D eigenvalue weighted by atomic mass is 19.1. The van der Waals surface area contributed by atoms with Crippen molar-refractivity contribution in [2.45, 2.75) is 86.5 Å².